The predicted molar refractivity (Wildman–Crippen MR) is 62.9 cm³/mol. The number of carbonyl (C=O) groups is 1. The van der Waals surface area contributed by atoms with Gasteiger partial charge in [-0.15, -0.1) is 11.3 Å². The molecule has 0 saturated carbocycles. The first kappa shape index (κ1) is 13.1. The molecule has 0 radical (unpaired) electrons. The number of amides is 1. The summed E-state index contributed by atoms with van der Waals surface area (Å²) < 4.78 is 21.8. The number of hydrogen-bond acceptors (Lipinski definition) is 5. The Morgan fingerprint density at radius 2 is 2.25 bits per heavy atom. The lowest BCUT2D eigenvalue weighted by atomic mass is 10.4. The van der Waals surface area contributed by atoms with E-state index in [-0.39, 0.29) is 18.1 Å². The first-order chi connectivity index (χ1) is 7.38. The topological polar surface area (TPSA) is 67.3 Å². The van der Waals surface area contributed by atoms with Crippen LogP contribution in [0.25, 0.3) is 0 Å². The maximum Gasteiger partial charge on any atom is 0.223 e. The highest BCUT2D eigenvalue weighted by Crippen LogP contribution is 2.07. The summed E-state index contributed by atoms with van der Waals surface area (Å²) in [7, 11) is -1.43. The maximum absolute atomic E-state index is 11.6. The average molecular weight is 262 g/mol. The van der Waals surface area contributed by atoms with Crippen LogP contribution in [0, 0.1) is 0 Å². The minimum absolute atomic E-state index is 0.0285. The van der Waals surface area contributed by atoms with Crippen molar-refractivity contribution in [2.45, 2.75) is 13.0 Å². The summed E-state index contributed by atoms with van der Waals surface area (Å²) in [5.41, 5.74) is 0. The van der Waals surface area contributed by atoms with Gasteiger partial charge >= 0.3 is 0 Å². The fourth-order valence-electron chi connectivity index (χ4n) is 1.09. The van der Waals surface area contributed by atoms with Crippen LogP contribution in [-0.4, -0.2) is 43.3 Å². The van der Waals surface area contributed by atoms with E-state index in [4.69, 9.17) is 0 Å². The van der Waals surface area contributed by atoms with Crippen LogP contribution in [-0.2, 0) is 21.2 Å². The molecule has 0 bridgehead atoms. The van der Waals surface area contributed by atoms with Crippen molar-refractivity contribution in [3.8, 4) is 0 Å². The molecule has 0 aliphatic carbocycles. The van der Waals surface area contributed by atoms with Crippen LogP contribution in [0.5, 0.6) is 0 Å². The van der Waals surface area contributed by atoms with Crippen LogP contribution in [0.1, 0.15) is 11.4 Å². The van der Waals surface area contributed by atoms with Crippen molar-refractivity contribution >= 4 is 27.1 Å². The Balaban J connectivity index is 2.42. The van der Waals surface area contributed by atoms with Gasteiger partial charge in [0.05, 0.1) is 12.3 Å². The van der Waals surface area contributed by atoms with Gasteiger partial charge in [-0.1, -0.05) is 0 Å². The standard InChI is InChI=1S/C9H14N2O3S2/c1-11(7-8-10-4-5-15-8)9(12)3-6-16(2,13)14/h4-5H,3,6-7H2,1-2H3. The Kier molecular flexibility index (Phi) is 4.43. The van der Waals surface area contributed by atoms with Crippen molar-refractivity contribution in [2.75, 3.05) is 19.1 Å². The lowest BCUT2D eigenvalue weighted by molar-refractivity contribution is -0.130. The van der Waals surface area contributed by atoms with Crippen molar-refractivity contribution in [2.24, 2.45) is 0 Å². The molecule has 0 aliphatic rings. The largest absolute Gasteiger partial charge is 0.339 e. The Morgan fingerprint density at radius 3 is 2.75 bits per heavy atom. The molecule has 0 saturated heterocycles. The number of aromatic nitrogens is 1. The maximum atomic E-state index is 11.6. The molecule has 0 aliphatic heterocycles. The SMILES string of the molecule is CN(Cc1nccs1)C(=O)CCS(C)(=O)=O. The summed E-state index contributed by atoms with van der Waals surface area (Å²) >= 11 is 1.47. The van der Waals surface area contributed by atoms with E-state index in [1.54, 1.807) is 13.2 Å². The zero-order valence-electron chi connectivity index (χ0n) is 9.21. The molecular formula is C9H14N2O3S2. The summed E-state index contributed by atoms with van der Waals surface area (Å²) in [6, 6.07) is 0. The van der Waals surface area contributed by atoms with Gasteiger partial charge in [-0.25, -0.2) is 13.4 Å². The zero-order valence-corrected chi connectivity index (χ0v) is 10.8. The van der Waals surface area contributed by atoms with Crippen molar-refractivity contribution in [1.82, 2.24) is 9.88 Å². The molecule has 5 nitrogen and oxygen atoms in total. The van der Waals surface area contributed by atoms with Crippen LogP contribution < -0.4 is 0 Å². The third-order valence-corrected chi connectivity index (χ3v) is 3.68. The number of thiazole rings is 1. The number of rotatable bonds is 5. The van der Waals surface area contributed by atoms with Gasteiger partial charge in [0.15, 0.2) is 0 Å². The summed E-state index contributed by atoms with van der Waals surface area (Å²) in [6.07, 6.45) is 2.83. The van der Waals surface area contributed by atoms with Crippen molar-refractivity contribution in [3.63, 3.8) is 0 Å². The van der Waals surface area contributed by atoms with Gasteiger partial charge in [-0.05, 0) is 0 Å². The van der Waals surface area contributed by atoms with Crippen LogP contribution in [0.15, 0.2) is 11.6 Å². The summed E-state index contributed by atoms with van der Waals surface area (Å²) in [4.78, 5) is 17.1. The molecule has 1 rings (SSSR count). The van der Waals surface area contributed by atoms with E-state index in [9.17, 15) is 13.2 Å². The number of hydrogen-bond donors (Lipinski definition) is 0. The number of nitrogens with zero attached hydrogens (tertiary/aromatic N) is 2. The van der Waals surface area contributed by atoms with Gasteiger partial charge in [0.1, 0.15) is 14.8 Å². The van der Waals surface area contributed by atoms with Gasteiger partial charge in [0.2, 0.25) is 5.91 Å². The monoisotopic (exact) mass is 262 g/mol. The van der Waals surface area contributed by atoms with E-state index in [1.165, 1.54) is 16.2 Å². The number of carbonyl (C=O) groups excluding carboxylic acids is 1. The average Bonchev–Trinajstić information content (AvgIpc) is 2.65. The fraction of sp³-hybridized carbons (Fsp3) is 0.556. The molecule has 0 unspecified atom stereocenters. The van der Waals surface area contributed by atoms with Gasteiger partial charge in [-0.2, -0.15) is 0 Å². The highest BCUT2D eigenvalue weighted by atomic mass is 32.2. The fourth-order valence-corrected chi connectivity index (χ4v) is 2.30. The van der Waals surface area contributed by atoms with E-state index in [0.29, 0.717) is 6.54 Å². The minimum atomic E-state index is -3.08. The molecule has 0 atom stereocenters. The van der Waals surface area contributed by atoms with Gasteiger partial charge < -0.3 is 4.90 Å². The molecule has 1 aromatic heterocycles. The smallest absolute Gasteiger partial charge is 0.223 e. The first-order valence-corrected chi connectivity index (χ1v) is 7.62. The Bertz CT molecular complexity index is 439. The van der Waals surface area contributed by atoms with Gasteiger partial charge in [-0.3, -0.25) is 4.79 Å². The van der Waals surface area contributed by atoms with Crippen LogP contribution in [0.3, 0.4) is 0 Å². The molecule has 0 spiro atoms. The third kappa shape index (κ3) is 4.71. The zero-order chi connectivity index (χ0) is 12.2. The van der Waals surface area contributed by atoms with E-state index >= 15 is 0 Å². The van der Waals surface area contributed by atoms with Crippen LogP contribution in [0.4, 0.5) is 0 Å². The molecule has 0 fully saturated rings. The van der Waals surface area contributed by atoms with Crippen molar-refractivity contribution in [1.29, 1.82) is 0 Å². The molecule has 90 valence electrons. The molecule has 0 aromatic carbocycles. The van der Waals surface area contributed by atoms with Crippen LogP contribution in [0.2, 0.25) is 0 Å². The summed E-state index contributed by atoms with van der Waals surface area (Å²) in [5, 5.41) is 2.68. The second-order valence-corrected chi connectivity index (χ2v) is 6.79. The van der Waals surface area contributed by atoms with E-state index in [2.05, 4.69) is 4.98 Å². The highest BCUT2D eigenvalue weighted by Gasteiger charge is 2.13. The summed E-state index contributed by atoms with van der Waals surface area (Å²) in [5.74, 6) is -0.283. The molecule has 1 heterocycles. The Labute approximate surface area is 99.0 Å². The van der Waals surface area contributed by atoms with E-state index in [0.717, 1.165) is 11.3 Å². The predicted octanol–water partition coefficient (Wildman–Crippen LogP) is 0.536. The molecule has 0 N–H and O–H groups in total. The van der Waals surface area contributed by atoms with Crippen molar-refractivity contribution < 1.29 is 13.2 Å². The molecule has 7 heteroatoms. The van der Waals surface area contributed by atoms with Crippen LogP contribution >= 0.6 is 11.3 Å². The third-order valence-electron chi connectivity index (χ3n) is 1.97. The quantitative estimate of drug-likeness (QED) is 0.776. The molecule has 1 amide bonds. The Morgan fingerprint density at radius 1 is 1.56 bits per heavy atom. The molecule has 1 aromatic rings. The second-order valence-electron chi connectivity index (χ2n) is 3.56. The summed E-state index contributed by atoms with van der Waals surface area (Å²) in [6.45, 7) is 0.431. The first-order valence-electron chi connectivity index (χ1n) is 4.68. The normalized spacial score (nSPS) is 11.4. The van der Waals surface area contributed by atoms with Gasteiger partial charge in [0, 0.05) is 31.3 Å². The number of sulfone groups is 1. The molecular weight excluding hydrogens is 248 g/mol. The van der Waals surface area contributed by atoms with E-state index in [1.807, 2.05) is 5.38 Å². The van der Waals surface area contributed by atoms with Gasteiger partial charge in [0.25, 0.3) is 0 Å². The lowest BCUT2D eigenvalue weighted by Crippen LogP contribution is -2.27. The minimum Gasteiger partial charge on any atom is -0.339 e. The Hall–Kier alpha value is -0.950. The van der Waals surface area contributed by atoms with Crippen molar-refractivity contribution in [3.05, 3.63) is 16.6 Å². The molecule has 16 heavy (non-hydrogen) atoms. The highest BCUT2D eigenvalue weighted by molar-refractivity contribution is 7.90. The second kappa shape index (κ2) is 5.40. The van der Waals surface area contributed by atoms with E-state index < -0.39 is 9.84 Å². The lowest BCUT2D eigenvalue weighted by Gasteiger charge is -2.15.